The Morgan fingerprint density at radius 2 is 2.05 bits per heavy atom. The van der Waals surface area contributed by atoms with Gasteiger partial charge in [-0.2, -0.15) is 0 Å². The van der Waals surface area contributed by atoms with Crippen LogP contribution in [0.4, 0.5) is 4.39 Å². The molecule has 0 atom stereocenters. The average molecular weight is 281 g/mol. The van der Waals surface area contributed by atoms with Crippen molar-refractivity contribution in [3.8, 4) is 0 Å². The zero-order chi connectivity index (χ0) is 13.7. The van der Waals surface area contributed by atoms with Crippen molar-refractivity contribution in [2.75, 3.05) is 5.75 Å². The Kier molecular flexibility index (Phi) is 5.71. The Bertz CT molecular complexity index is 400. The van der Waals surface area contributed by atoms with Crippen LogP contribution in [0.25, 0.3) is 0 Å². The van der Waals surface area contributed by atoms with E-state index < -0.39 is 0 Å². The molecule has 1 aromatic rings. The van der Waals surface area contributed by atoms with E-state index in [1.54, 1.807) is 17.8 Å². The third-order valence-electron chi connectivity index (χ3n) is 3.69. The summed E-state index contributed by atoms with van der Waals surface area (Å²) in [6.45, 7) is 4.98. The van der Waals surface area contributed by atoms with Gasteiger partial charge in [0.1, 0.15) is 5.82 Å². The molecule has 1 saturated carbocycles. The molecule has 19 heavy (non-hydrogen) atoms. The highest BCUT2D eigenvalue weighted by atomic mass is 32.2. The molecule has 106 valence electrons. The highest BCUT2D eigenvalue weighted by Crippen LogP contribution is 2.33. The smallest absolute Gasteiger partial charge is 0.137 e. The molecule has 1 N–H and O–H groups in total. The van der Waals surface area contributed by atoms with E-state index in [0.29, 0.717) is 6.04 Å². The first-order valence-corrected chi connectivity index (χ1v) is 8.29. The largest absolute Gasteiger partial charge is 0.310 e. The van der Waals surface area contributed by atoms with Gasteiger partial charge in [0.15, 0.2) is 0 Å². The van der Waals surface area contributed by atoms with Crippen LogP contribution >= 0.6 is 11.8 Å². The molecule has 1 nitrogen and oxygen atoms in total. The first-order chi connectivity index (χ1) is 9.16. The van der Waals surface area contributed by atoms with Crippen molar-refractivity contribution in [1.29, 1.82) is 0 Å². The monoisotopic (exact) mass is 281 g/mol. The van der Waals surface area contributed by atoms with Gasteiger partial charge in [-0.3, -0.25) is 0 Å². The fourth-order valence-corrected chi connectivity index (χ4v) is 3.81. The van der Waals surface area contributed by atoms with Gasteiger partial charge in [0, 0.05) is 23.2 Å². The minimum atomic E-state index is -0.0638. The van der Waals surface area contributed by atoms with Crippen molar-refractivity contribution >= 4 is 11.8 Å². The van der Waals surface area contributed by atoms with Gasteiger partial charge >= 0.3 is 0 Å². The second-order valence-corrected chi connectivity index (χ2v) is 6.76. The maximum absolute atomic E-state index is 14.0. The topological polar surface area (TPSA) is 12.0 Å². The summed E-state index contributed by atoms with van der Waals surface area (Å²) in [7, 11) is 0. The Hall–Kier alpha value is -0.540. The van der Waals surface area contributed by atoms with E-state index in [4.69, 9.17) is 0 Å². The molecule has 2 rings (SSSR count). The van der Waals surface area contributed by atoms with E-state index in [9.17, 15) is 4.39 Å². The van der Waals surface area contributed by atoms with Crippen LogP contribution in [0.1, 0.15) is 45.1 Å². The van der Waals surface area contributed by atoms with Gasteiger partial charge in [-0.25, -0.2) is 4.39 Å². The molecule has 0 aromatic heterocycles. The van der Waals surface area contributed by atoms with Crippen LogP contribution < -0.4 is 5.32 Å². The van der Waals surface area contributed by atoms with E-state index >= 15 is 0 Å². The maximum atomic E-state index is 14.0. The molecule has 0 aliphatic heterocycles. The molecule has 1 fully saturated rings. The maximum Gasteiger partial charge on any atom is 0.137 e. The molecule has 0 spiro atoms. The molecule has 3 heteroatoms. The highest BCUT2D eigenvalue weighted by Gasteiger charge is 2.17. The number of rotatable bonds is 6. The molecule has 0 radical (unpaired) electrons. The Morgan fingerprint density at radius 1 is 1.32 bits per heavy atom. The van der Waals surface area contributed by atoms with Gasteiger partial charge in [0.2, 0.25) is 0 Å². The molecule has 0 unspecified atom stereocenters. The number of halogens is 1. The fraction of sp³-hybridized carbons (Fsp3) is 0.625. The second kappa shape index (κ2) is 7.30. The zero-order valence-electron chi connectivity index (χ0n) is 11.9. The van der Waals surface area contributed by atoms with Crippen molar-refractivity contribution in [1.82, 2.24) is 5.32 Å². The van der Waals surface area contributed by atoms with E-state index in [-0.39, 0.29) is 5.82 Å². The Labute approximate surface area is 120 Å². The molecule has 1 aliphatic rings. The van der Waals surface area contributed by atoms with E-state index in [2.05, 4.69) is 19.2 Å². The van der Waals surface area contributed by atoms with Crippen molar-refractivity contribution in [2.24, 2.45) is 5.92 Å². The summed E-state index contributed by atoms with van der Waals surface area (Å²) in [5.41, 5.74) is 1.09. The summed E-state index contributed by atoms with van der Waals surface area (Å²) in [5.74, 6) is 1.79. The molecule has 1 aliphatic carbocycles. The SMILES string of the molecule is CC(C)NCc1cccc(F)c1SCC1CCCC1. The lowest BCUT2D eigenvalue weighted by molar-refractivity contribution is 0.563. The standard InChI is InChI=1S/C16H24FNS/c1-12(2)18-10-14-8-5-9-15(17)16(14)19-11-13-6-3-4-7-13/h5,8-9,12-13,18H,3-4,6-7,10-11H2,1-2H3. The van der Waals surface area contributed by atoms with Crippen molar-refractivity contribution < 1.29 is 4.39 Å². The Morgan fingerprint density at radius 3 is 2.74 bits per heavy atom. The summed E-state index contributed by atoms with van der Waals surface area (Å²) in [5, 5.41) is 3.38. The van der Waals surface area contributed by atoms with E-state index in [1.165, 1.54) is 25.7 Å². The molecule has 1 aromatic carbocycles. The third kappa shape index (κ3) is 4.50. The lowest BCUT2D eigenvalue weighted by Crippen LogP contribution is -2.22. The third-order valence-corrected chi connectivity index (χ3v) is 5.07. The lowest BCUT2D eigenvalue weighted by Gasteiger charge is -2.14. The van der Waals surface area contributed by atoms with Gasteiger partial charge in [0.25, 0.3) is 0 Å². The van der Waals surface area contributed by atoms with Crippen LogP contribution in [0.3, 0.4) is 0 Å². The normalized spacial score (nSPS) is 16.4. The van der Waals surface area contributed by atoms with Gasteiger partial charge < -0.3 is 5.32 Å². The highest BCUT2D eigenvalue weighted by molar-refractivity contribution is 7.99. The van der Waals surface area contributed by atoms with Gasteiger partial charge in [-0.1, -0.05) is 38.8 Å². The minimum absolute atomic E-state index is 0.0638. The van der Waals surface area contributed by atoms with E-state index in [1.807, 2.05) is 12.1 Å². The van der Waals surface area contributed by atoms with Gasteiger partial charge in [-0.05, 0) is 30.4 Å². The molecule has 0 bridgehead atoms. The number of thioether (sulfide) groups is 1. The molecule has 0 saturated heterocycles. The van der Waals surface area contributed by atoms with Crippen LogP contribution in [0.15, 0.2) is 23.1 Å². The number of nitrogens with one attached hydrogen (secondary N) is 1. The predicted molar refractivity (Wildman–Crippen MR) is 81.1 cm³/mol. The summed E-state index contributed by atoms with van der Waals surface area (Å²) in [6.07, 6.45) is 5.34. The lowest BCUT2D eigenvalue weighted by atomic mass is 10.1. The van der Waals surface area contributed by atoms with Crippen molar-refractivity contribution in [3.05, 3.63) is 29.6 Å². The Balaban J connectivity index is 1.99. The van der Waals surface area contributed by atoms with Crippen molar-refractivity contribution in [2.45, 2.75) is 57.0 Å². The van der Waals surface area contributed by atoms with Crippen LogP contribution in [-0.2, 0) is 6.54 Å². The fourth-order valence-electron chi connectivity index (χ4n) is 2.55. The first-order valence-electron chi connectivity index (χ1n) is 7.30. The molecular formula is C16H24FNS. The van der Waals surface area contributed by atoms with Crippen LogP contribution in [0.2, 0.25) is 0 Å². The number of hydrogen-bond donors (Lipinski definition) is 1. The van der Waals surface area contributed by atoms with Crippen molar-refractivity contribution in [3.63, 3.8) is 0 Å². The number of hydrogen-bond acceptors (Lipinski definition) is 2. The molecular weight excluding hydrogens is 257 g/mol. The number of benzene rings is 1. The van der Waals surface area contributed by atoms with Gasteiger partial charge in [0.05, 0.1) is 0 Å². The van der Waals surface area contributed by atoms with Crippen LogP contribution in [0, 0.1) is 11.7 Å². The average Bonchev–Trinajstić information content (AvgIpc) is 2.88. The minimum Gasteiger partial charge on any atom is -0.310 e. The summed E-state index contributed by atoms with van der Waals surface area (Å²) in [4.78, 5) is 0.850. The first kappa shape index (κ1) is 14.9. The predicted octanol–water partition coefficient (Wildman–Crippen LogP) is 4.61. The summed E-state index contributed by atoms with van der Waals surface area (Å²) >= 11 is 1.71. The van der Waals surface area contributed by atoms with Crippen LogP contribution in [0.5, 0.6) is 0 Å². The quantitative estimate of drug-likeness (QED) is 0.764. The second-order valence-electron chi connectivity index (χ2n) is 5.73. The van der Waals surface area contributed by atoms with E-state index in [0.717, 1.165) is 28.7 Å². The van der Waals surface area contributed by atoms with Crippen LogP contribution in [-0.4, -0.2) is 11.8 Å². The summed E-state index contributed by atoms with van der Waals surface area (Å²) in [6, 6.07) is 5.85. The zero-order valence-corrected chi connectivity index (χ0v) is 12.7. The van der Waals surface area contributed by atoms with Gasteiger partial charge in [-0.15, -0.1) is 11.8 Å². The molecule has 0 heterocycles. The summed E-state index contributed by atoms with van der Waals surface area (Å²) < 4.78 is 14.0. The molecule has 0 amide bonds.